The molecule has 0 atom stereocenters. The van der Waals surface area contributed by atoms with Gasteiger partial charge >= 0.3 is 5.69 Å². The van der Waals surface area contributed by atoms with E-state index >= 15 is 0 Å². The van der Waals surface area contributed by atoms with Crippen molar-refractivity contribution in [2.75, 3.05) is 7.11 Å². The first-order valence-electron chi connectivity index (χ1n) is 5.61. The quantitative estimate of drug-likeness (QED) is 0.485. The SMILES string of the molecule is COc1ccc(Sc2c(C#N)cnc(Cl)c2[N+](=O)[O-])cc1. The molecule has 0 N–H and O–H groups in total. The van der Waals surface area contributed by atoms with Gasteiger partial charge in [-0.1, -0.05) is 23.4 Å². The molecule has 1 aromatic carbocycles. The Morgan fingerprint density at radius 3 is 2.62 bits per heavy atom. The first-order valence-corrected chi connectivity index (χ1v) is 6.81. The highest BCUT2D eigenvalue weighted by Crippen LogP contribution is 2.40. The van der Waals surface area contributed by atoms with Crippen molar-refractivity contribution >= 4 is 29.1 Å². The van der Waals surface area contributed by atoms with E-state index in [1.165, 1.54) is 6.20 Å². The molecule has 1 aromatic heterocycles. The molecule has 0 bridgehead atoms. The van der Waals surface area contributed by atoms with Crippen molar-refractivity contribution in [3.63, 3.8) is 0 Å². The van der Waals surface area contributed by atoms with Crippen LogP contribution in [0.25, 0.3) is 0 Å². The maximum Gasteiger partial charge on any atom is 0.321 e. The molecule has 0 radical (unpaired) electrons. The Hall–Kier alpha value is -2.30. The van der Waals surface area contributed by atoms with E-state index in [1.54, 1.807) is 31.4 Å². The second-order valence-corrected chi connectivity index (χ2v) is 5.23. The molecule has 8 heteroatoms. The summed E-state index contributed by atoms with van der Waals surface area (Å²) in [4.78, 5) is 15.1. The average molecular weight is 322 g/mol. The molecule has 0 fully saturated rings. The van der Waals surface area contributed by atoms with Crippen LogP contribution in [0.15, 0.2) is 40.3 Å². The molecule has 21 heavy (non-hydrogen) atoms. The molecule has 1 heterocycles. The molecule has 106 valence electrons. The van der Waals surface area contributed by atoms with E-state index < -0.39 is 4.92 Å². The number of aromatic nitrogens is 1. The maximum atomic E-state index is 11.1. The van der Waals surface area contributed by atoms with Gasteiger partial charge in [0.1, 0.15) is 16.7 Å². The van der Waals surface area contributed by atoms with Gasteiger partial charge in [-0.15, -0.1) is 0 Å². The number of nitriles is 1. The van der Waals surface area contributed by atoms with Crippen molar-refractivity contribution in [3.05, 3.63) is 51.3 Å². The fraction of sp³-hybridized carbons (Fsp3) is 0.0769. The van der Waals surface area contributed by atoms with Gasteiger partial charge in [0.25, 0.3) is 0 Å². The van der Waals surface area contributed by atoms with Crippen LogP contribution in [0.5, 0.6) is 5.75 Å². The van der Waals surface area contributed by atoms with Crippen LogP contribution in [0.1, 0.15) is 5.56 Å². The molecule has 2 aromatic rings. The minimum atomic E-state index is -0.637. The van der Waals surface area contributed by atoms with Crippen LogP contribution < -0.4 is 4.74 Å². The third-order valence-corrected chi connectivity index (χ3v) is 3.95. The molecule has 0 amide bonds. The zero-order chi connectivity index (χ0) is 15.4. The Balaban J connectivity index is 2.49. The monoisotopic (exact) mass is 321 g/mol. The van der Waals surface area contributed by atoms with Gasteiger partial charge in [0.2, 0.25) is 5.15 Å². The summed E-state index contributed by atoms with van der Waals surface area (Å²) in [6, 6.07) is 8.82. The summed E-state index contributed by atoms with van der Waals surface area (Å²) in [7, 11) is 1.55. The average Bonchev–Trinajstić information content (AvgIpc) is 2.48. The summed E-state index contributed by atoms with van der Waals surface area (Å²) in [5.41, 5.74) is -0.261. The van der Waals surface area contributed by atoms with Gasteiger partial charge in [-0.3, -0.25) is 10.1 Å². The van der Waals surface area contributed by atoms with Gasteiger partial charge in [-0.25, -0.2) is 4.98 Å². The Labute approximate surface area is 129 Å². The zero-order valence-electron chi connectivity index (χ0n) is 10.7. The molecule has 0 aliphatic heterocycles. The predicted molar refractivity (Wildman–Crippen MR) is 77.7 cm³/mol. The lowest BCUT2D eigenvalue weighted by molar-refractivity contribution is -0.387. The lowest BCUT2D eigenvalue weighted by Gasteiger charge is -2.06. The summed E-state index contributed by atoms with van der Waals surface area (Å²) in [5, 5.41) is 20.0. The minimum Gasteiger partial charge on any atom is -0.497 e. The van der Waals surface area contributed by atoms with Crippen molar-refractivity contribution in [2.24, 2.45) is 0 Å². The van der Waals surface area contributed by atoms with Crippen molar-refractivity contribution in [2.45, 2.75) is 9.79 Å². The van der Waals surface area contributed by atoms with Gasteiger partial charge in [0.05, 0.1) is 17.6 Å². The van der Waals surface area contributed by atoms with Crippen molar-refractivity contribution < 1.29 is 9.66 Å². The van der Waals surface area contributed by atoms with Crippen LogP contribution in [-0.2, 0) is 0 Å². The fourth-order valence-corrected chi connectivity index (χ4v) is 2.82. The number of benzene rings is 1. The van der Waals surface area contributed by atoms with Crippen molar-refractivity contribution in [1.82, 2.24) is 4.98 Å². The molecular weight excluding hydrogens is 314 g/mol. The highest BCUT2D eigenvalue weighted by atomic mass is 35.5. The first kappa shape index (κ1) is 15.1. The van der Waals surface area contributed by atoms with Gasteiger partial charge in [-0.2, -0.15) is 5.26 Å². The number of halogens is 1. The highest BCUT2D eigenvalue weighted by molar-refractivity contribution is 7.99. The molecule has 0 aliphatic carbocycles. The molecule has 0 unspecified atom stereocenters. The summed E-state index contributed by atoms with van der Waals surface area (Å²) in [6.45, 7) is 0. The molecule has 0 aliphatic rings. The predicted octanol–water partition coefficient (Wildman–Crippen LogP) is 3.67. The summed E-state index contributed by atoms with van der Waals surface area (Å²) < 4.78 is 5.04. The van der Waals surface area contributed by atoms with E-state index in [2.05, 4.69) is 4.98 Å². The maximum absolute atomic E-state index is 11.1. The Morgan fingerprint density at radius 2 is 2.10 bits per heavy atom. The van der Waals surface area contributed by atoms with Crippen molar-refractivity contribution in [3.8, 4) is 11.8 Å². The minimum absolute atomic E-state index is 0.104. The van der Waals surface area contributed by atoms with Gasteiger partial charge in [-0.05, 0) is 24.3 Å². The zero-order valence-corrected chi connectivity index (χ0v) is 12.3. The summed E-state index contributed by atoms with van der Waals surface area (Å²) >= 11 is 6.85. The van der Waals surface area contributed by atoms with E-state index in [4.69, 9.17) is 21.6 Å². The number of rotatable bonds is 4. The second kappa shape index (κ2) is 6.43. The largest absolute Gasteiger partial charge is 0.497 e. The third kappa shape index (κ3) is 3.24. The smallest absolute Gasteiger partial charge is 0.321 e. The number of hydrogen-bond acceptors (Lipinski definition) is 6. The number of pyridine rings is 1. The molecule has 2 rings (SSSR count). The first-order chi connectivity index (χ1) is 10.1. The van der Waals surface area contributed by atoms with Crippen LogP contribution in [0.3, 0.4) is 0 Å². The fourth-order valence-electron chi connectivity index (χ4n) is 1.57. The molecule has 0 saturated heterocycles. The Morgan fingerprint density at radius 1 is 1.43 bits per heavy atom. The standard InChI is InChI=1S/C13H8ClN3O3S/c1-20-9-2-4-10(5-3-9)21-12-8(6-15)7-16-13(14)11(12)17(18)19/h2-5,7H,1H3. The molecule has 0 saturated carbocycles. The lowest BCUT2D eigenvalue weighted by atomic mass is 10.3. The highest BCUT2D eigenvalue weighted by Gasteiger charge is 2.24. The van der Waals surface area contributed by atoms with Crippen LogP contribution in [-0.4, -0.2) is 17.0 Å². The van der Waals surface area contributed by atoms with E-state index in [-0.39, 0.29) is 21.3 Å². The molecule has 0 spiro atoms. The van der Waals surface area contributed by atoms with Crippen LogP contribution in [0.4, 0.5) is 5.69 Å². The number of nitrogens with zero attached hydrogens (tertiary/aromatic N) is 3. The number of nitro groups is 1. The van der Waals surface area contributed by atoms with E-state index in [0.29, 0.717) is 5.75 Å². The van der Waals surface area contributed by atoms with Crippen molar-refractivity contribution in [1.29, 1.82) is 5.26 Å². The molecular formula is C13H8ClN3O3S. The van der Waals surface area contributed by atoms with Crippen LogP contribution in [0.2, 0.25) is 5.15 Å². The van der Waals surface area contributed by atoms with Gasteiger partial charge < -0.3 is 4.74 Å². The van der Waals surface area contributed by atoms with Gasteiger partial charge in [0.15, 0.2) is 0 Å². The third-order valence-electron chi connectivity index (χ3n) is 2.54. The number of hydrogen-bond donors (Lipinski definition) is 0. The topological polar surface area (TPSA) is 89.0 Å². The van der Waals surface area contributed by atoms with E-state index in [1.807, 2.05) is 6.07 Å². The summed E-state index contributed by atoms with van der Waals surface area (Å²) in [6.07, 6.45) is 1.22. The van der Waals surface area contributed by atoms with Gasteiger partial charge in [0, 0.05) is 11.1 Å². The Kier molecular flexibility index (Phi) is 4.62. The lowest BCUT2D eigenvalue weighted by Crippen LogP contribution is -1.97. The summed E-state index contributed by atoms with van der Waals surface area (Å²) in [5.74, 6) is 0.669. The number of methoxy groups -OCH3 is 1. The second-order valence-electron chi connectivity index (χ2n) is 3.79. The molecule has 6 nitrogen and oxygen atoms in total. The normalized spacial score (nSPS) is 9.95. The van der Waals surface area contributed by atoms with Crippen LogP contribution in [0, 0.1) is 21.4 Å². The Bertz CT molecular complexity index is 729. The van der Waals surface area contributed by atoms with Crippen LogP contribution >= 0.6 is 23.4 Å². The van der Waals surface area contributed by atoms with E-state index in [9.17, 15) is 10.1 Å². The van der Waals surface area contributed by atoms with E-state index in [0.717, 1.165) is 16.7 Å². The number of ether oxygens (including phenoxy) is 1.